The first kappa shape index (κ1) is 15.8. The molecule has 0 fully saturated rings. The summed E-state index contributed by atoms with van der Waals surface area (Å²) in [6.07, 6.45) is 3.32. The predicted molar refractivity (Wildman–Crippen MR) is 77.6 cm³/mol. The summed E-state index contributed by atoms with van der Waals surface area (Å²) >= 11 is 2.06. The molecule has 0 aromatic carbocycles. The van der Waals surface area contributed by atoms with E-state index in [1.807, 2.05) is 11.8 Å². The van der Waals surface area contributed by atoms with E-state index in [0.29, 0.717) is 16.6 Å². The minimum absolute atomic E-state index is 0.0516. The lowest BCUT2D eigenvalue weighted by Gasteiger charge is -2.31. The number of nitrogens with zero attached hydrogens (tertiary/aromatic N) is 2. The first-order valence-corrected chi connectivity index (χ1v) is 7.35. The quantitative estimate of drug-likeness (QED) is 0.797. The van der Waals surface area contributed by atoms with Crippen molar-refractivity contribution in [3.63, 3.8) is 0 Å². The molecule has 0 saturated carbocycles. The summed E-state index contributed by atoms with van der Waals surface area (Å²) < 4.78 is 0. The molecule has 1 amide bonds. The number of hydrogen-bond donors (Lipinski definition) is 0. The van der Waals surface area contributed by atoms with Gasteiger partial charge in [0.1, 0.15) is 5.03 Å². The molecule has 0 aromatic rings. The van der Waals surface area contributed by atoms with Crippen LogP contribution in [0.25, 0.3) is 0 Å². The second kappa shape index (κ2) is 6.81. The fourth-order valence-corrected chi connectivity index (χ4v) is 2.96. The third-order valence-corrected chi connectivity index (χ3v) is 3.84. The molecule has 1 rings (SSSR count). The Bertz CT molecular complexity index is 472. The molecule has 0 saturated heterocycles. The van der Waals surface area contributed by atoms with E-state index in [1.54, 1.807) is 12.4 Å². The third-order valence-electron chi connectivity index (χ3n) is 2.20. The molecule has 1 heterocycles. The van der Waals surface area contributed by atoms with Gasteiger partial charge in [0.05, 0.1) is 5.03 Å². The number of hydrogen-bond acceptors (Lipinski definition) is 6. The van der Waals surface area contributed by atoms with E-state index < -0.39 is 0 Å². The second-order valence-electron chi connectivity index (χ2n) is 3.80. The molecule has 19 heavy (non-hydrogen) atoms. The summed E-state index contributed by atoms with van der Waals surface area (Å²) in [6, 6.07) is 0. The smallest absolute Gasteiger partial charge is 0.228 e. The maximum atomic E-state index is 11.6. The van der Waals surface area contributed by atoms with Crippen molar-refractivity contribution in [2.45, 2.75) is 27.7 Å². The van der Waals surface area contributed by atoms with Crippen molar-refractivity contribution in [3.8, 4) is 0 Å². The third kappa shape index (κ3) is 4.43. The Hall–Kier alpha value is -1.21. The van der Waals surface area contributed by atoms with Crippen LogP contribution in [0, 0.1) is 0 Å². The first-order chi connectivity index (χ1) is 8.85. The highest BCUT2D eigenvalue weighted by Gasteiger charge is 2.24. The standard InChI is InChI=1S/C12H16N2O3S2/c1-5-13-6-12(19-10(4)17)14(8(2)15)7-11(13)18-9(3)16/h6-7H,5H2,1-4H3. The van der Waals surface area contributed by atoms with Crippen LogP contribution in [0.2, 0.25) is 0 Å². The minimum atomic E-state index is -0.197. The normalized spacial score (nSPS) is 14.9. The molecule has 0 unspecified atom stereocenters. The fraction of sp³-hybridized carbons (Fsp3) is 0.417. The van der Waals surface area contributed by atoms with Crippen molar-refractivity contribution in [1.82, 2.24) is 9.80 Å². The highest BCUT2D eigenvalue weighted by molar-refractivity contribution is 8.17. The Kier molecular flexibility index (Phi) is 5.68. The maximum absolute atomic E-state index is 11.6. The van der Waals surface area contributed by atoms with E-state index in [0.717, 1.165) is 23.5 Å². The number of thioether (sulfide) groups is 2. The largest absolute Gasteiger partial charge is 0.339 e. The molecular weight excluding hydrogens is 284 g/mol. The molecule has 5 nitrogen and oxygen atoms in total. The zero-order chi connectivity index (χ0) is 14.6. The van der Waals surface area contributed by atoms with Gasteiger partial charge in [-0.25, -0.2) is 0 Å². The van der Waals surface area contributed by atoms with Crippen LogP contribution in [-0.4, -0.2) is 32.5 Å². The monoisotopic (exact) mass is 300 g/mol. The minimum Gasteiger partial charge on any atom is -0.339 e. The Morgan fingerprint density at radius 1 is 1.00 bits per heavy atom. The zero-order valence-electron chi connectivity index (χ0n) is 11.3. The molecule has 0 aromatic heterocycles. The molecule has 0 bridgehead atoms. The number of carbonyl (C=O) groups excluding carboxylic acids is 3. The summed E-state index contributed by atoms with van der Waals surface area (Å²) in [5.41, 5.74) is 0. The molecule has 0 radical (unpaired) electrons. The zero-order valence-corrected chi connectivity index (χ0v) is 12.9. The Morgan fingerprint density at radius 2 is 1.53 bits per heavy atom. The van der Waals surface area contributed by atoms with Gasteiger partial charge in [-0.05, 0) is 30.4 Å². The van der Waals surface area contributed by atoms with Gasteiger partial charge in [0.15, 0.2) is 10.2 Å². The van der Waals surface area contributed by atoms with Crippen LogP contribution in [0.3, 0.4) is 0 Å². The van der Waals surface area contributed by atoms with E-state index >= 15 is 0 Å². The van der Waals surface area contributed by atoms with Crippen LogP contribution >= 0.6 is 23.5 Å². The topological polar surface area (TPSA) is 57.7 Å². The lowest BCUT2D eigenvalue weighted by molar-refractivity contribution is -0.124. The molecule has 0 atom stereocenters. The van der Waals surface area contributed by atoms with Crippen LogP contribution in [0.5, 0.6) is 0 Å². The van der Waals surface area contributed by atoms with Crippen LogP contribution in [0.15, 0.2) is 22.5 Å². The molecule has 0 aliphatic carbocycles. The van der Waals surface area contributed by atoms with Crippen molar-refractivity contribution < 1.29 is 14.4 Å². The van der Waals surface area contributed by atoms with E-state index in [-0.39, 0.29) is 16.1 Å². The van der Waals surface area contributed by atoms with Gasteiger partial charge in [-0.1, -0.05) is 0 Å². The average Bonchev–Trinajstić information content (AvgIpc) is 2.28. The van der Waals surface area contributed by atoms with Crippen molar-refractivity contribution in [2.24, 2.45) is 0 Å². The maximum Gasteiger partial charge on any atom is 0.228 e. The van der Waals surface area contributed by atoms with Crippen LogP contribution < -0.4 is 0 Å². The second-order valence-corrected chi connectivity index (χ2v) is 6.19. The van der Waals surface area contributed by atoms with Crippen molar-refractivity contribution in [3.05, 3.63) is 22.5 Å². The van der Waals surface area contributed by atoms with E-state index in [2.05, 4.69) is 0 Å². The van der Waals surface area contributed by atoms with Gasteiger partial charge < -0.3 is 4.90 Å². The highest BCUT2D eigenvalue weighted by Crippen LogP contribution is 2.32. The molecule has 104 valence electrons. The van der Waals surface area contributed by atoms with Gasteiger partial charge in [0.2, 0.25) is 5.91 Å². The van der Waals surface area contributed by atoms with Gasteiger partial charge in [0, 0.05) is 39.7 Å². The summed E-state index contributed by atoms with van der Waals surface area (Å²) in [5.74, 6) is -0.197. The summed E-state index contributed by atoms with van der Waals surface area (Å²) in [6.45, 7) is 6.93. The Labute approximate surface area is 121 Å². The molecule has 1 aliphatic heterocycles. The van der Waals surface area contributed by atoms with Crippen molar-refractivity contribution in [2.75, 3.05) is 6.54 Å². The summed E-state index contributed by atoms with van der Waals surface area (Å²) in [7, 11) is 0. The summed E-state index contributed by atoms with van der Waals surface area (Å²) in [4.78, 5) is 37.3. The van der Waals surface area contributed by atoms with E-state index in [1.165, 1.54) is 25.7 Å². The number of rotatable bonds is 3. The van der Waals surface area contributed by atoms with Crippen molar-refractivity contribution >= 4 is 39.7 Å². The molecular formula is C12H16N2O3S2. The number of amides is 1. The van der Waals surface area contributed by atoms with Gasteiger partial charge in [-0.3, -0.25) is 19.3 Å². The number of carbonyl (C=O) groups is 3. The SMILES string of the molecule is CCN1C=C(SC(C)=O)N(C(C)=O)C=C1SC(C)=O. The lowest BCUT2D eigenvalue weighted by Crippen LogP contribution is -2.30. The fourth-order valence-electron chi connectivity index (χ4n) is 1.46. The Morgan fingerprint density at radius 3 is 1.95 bits per heavy atom. The van der Waals surface area contributed by atoms with Gasteiger partial charge in [-0.2, -0.15) is 0 Å². The van der Waals surface area contributed by atoms with Crippen LogP contribution in [0.4, 0.5) is 0 Å². The van der Waals surface area contributed by atoms with Crippen molar-refractivity contribution in [1.29, 1.82) is 0 Å². The molecule has 0 N–H and O–H groups in total. The first-order valence-electron chi connectivity index (χ1n) is 5.72. The molecule has 0 spiro atoms. The predicted octanol–water partition coefficient (Wildman–Crippen LogP) is 2.33. The highest BCUT2D eigenvalue weighted by atomic mass is 32.2. The lowest BCUT2D eigenvalue weighted by atomic mass is 10.5. The van der Waals surface area contributed by atoms with Gasteiger partial charge in [0.25, 0.3) is 0 Å². The van der Waals surface area contributed by atoms with E-state index in [9.17, 15) is 14.4 Å². The Balaban J connectivity index is 3.08. The molecule has 1 aliphatic rings. The van der Waals surface area contributed by atoms with Gasteiger partial charge in [-0.15, -0.1) is 0 Å². The van der Waals surface area contributed by atoms with E-state index in [4.69, 9.17) is 0 Å². The van der Waals surface area contributed by atoms with Crippen LogP contribution in [-0.2, 0) is 14.4 Å². The average molecular weight is 300 g/mol. The van der Waals surface area contributed by atoms with Crippen LogP contribution in [0.1, 0.15) is 27.7 Å². The van der Waals surface area contributed by atoms with Gasteiger partial charge >= 0.3 is 0 Å². The molecule has 7 heteroatoms. The summed E-state index contributed by atoms with van der Waals surface area (Å²) in [5, 5.41) is 1.08.